The monoisotopic (exact) mass is 341 g/mol. The number of hydrogen-bond acceptors (Lipinski definition) is 6. The van der Waals surface area contributed by atoms with E-state index in [-0.39, 0.29) is 19.3 Å². The number of carbonyl (C=O) groups is 1. The number of carbonyl (C=O) groups excluding carboxylic acids is 1. The molecule has 1 aromatic heterocycles. The lowest BCUT2D eigenvalue weighted by atomic mass is 10.3. The van der Waals surface area contributed by atoms with Crippen molar-refractivity contribution < 1.29 is 19.0 Å². The van der Waals surface area contributed by atoms with Crippen molar-refractivity contribution in [1.82, 2.24) is 9.88 Å². The molecule has 0 N–H and O–H groups in total. The fourth-order valence-corrected chi connectivity index (χ4v) is 2.93. The number of anilines is 1. The number of hydrogen-bond donors (Lipinski definition) is 0. The molecule has 0 saturated carbocycles. The van der Waals surface area contributed by atoms with Gasteiger partial charge in [-0.3, -0.25) is 4.79 Å². The van der Waals surface area contributed by atoms with Gasteiger partial charge in [0.15, 0.2) is 18.1 Å². The number of amides is 1. The molecule has 25 heavy (non-hydrogen) atoms. The fourth-order valence-electron chi connectivity index (χ4n) is 2.93. The molecule has 3 heterocycles. The van der Waals surface area contributed by atoms with Crippen LogP contribution in [0.5, 0.6) is 17.2 Å². The van der Waals surface area contributed by atoms with Gasteiger partial charge >= 0.3 is 0 Å². The summed E-state index contributed by atoms with van der Waals surface area (Å²) in [4.78, 5) is 20.7. The Kier molecular flexibility index (Phi) is 4.28. The van der Waals surface area contributed by atoms with Crippen molar-refractivity contribution in [3.05, 3.63) is 42.6 Å². The molecule has 0 radical (unpaired) electrons. The Morgan fingerprint density at radius 3 is 2.72 bits per heavy atom. The highest BCUT2D eigenvalue weighted by molar-refractivity contribution is 5.78. The summed E-state index contributed by atoms with van der Waals surface area (Å²) in [6.45, 7) is 3.11. The van der Waals surface area contributed by atoms with E-state index in [4.69, 9.17) is 14.2 Å². The third-order valence-electron chi connectivity index (χ3n) is 4.31. The van der Waals surface area contributed by atoms with Gasteiger partial charge in [0.2, 0.25) is 6.79 Å². The van der Waals surface area contributed by atoms with Gasteiger partial charge in [-0.15, -0.1) is 0 Å². The van der Waals surface area contributed by atoms with E-state index in [0.717, 1.165) is 18.9 Å². The van der Waals surface area contributed by atoms with E-state index in [2.05, 4.69) is 9.88 Å². The Labute approximate surface area is 145 Å². The smallest absolute Gasteiger partial charge is 0.260 e. The number of rotatable bonds is 4. The van der Waals surface area contributed by atoms with Gasteiger partial charge in [-0.1, -0.05) is 6.07 Å². The zero-order chi connectivity index (χ0) is 17.1. The van der Waals surface area contributed by atoms with Crippen LogP contribution in [0.2, 0.25) is 0 Å². The Bertz CT molecular complexity index is 745. The molecule has 0 unspecified atom stereocenters. The normalized spacial score (nSPS) is 16.0. The molecule has 2 aliphatic heterocycles. The van der Waals surface area contributed by atoms with Gasteiger partial charge in [-0.25, -0.2) is 4.98 Å². The lowest BCUT2D eigenvalue weighted by molar-refractivity contribution is -0.133. The van der Waals surface area contributed by atoms with Crippen molar-refractivity contribution in [1.29, 1.82) is 0 Å². The van der Waals surface area contributed by atoms with Crippen LogP contribution in [0.4, 0.5) is 5.82 Å². The first-order chi connectivity index (χ1) is 12.3. The van der Waals surface area contributed by atoms with Crippen molar-refractivity contribution in [3.63, 3.8) is 0 Å². The van der Waals surface area contributed by atoms with Gasteiger partial charge in [-0.2, -0.15) is 0 Å². The number of fused-ring (bicyclic) bond motifs is 1. The van der Waals surface area contributed by atoms with Gasteiger partial charge < -0.3 is 24.0 Å². The summed E-state index contributed by atoms with van der Waals surface area (Å²) in [5, 5.41) is 0. The lowest BCUT2D eigenvalue weighted by Crippen LogP contribution is -2.50. The quantitative estimate of drug-likeness (QED) is 0.841. The van der Waals surface area contributed by atoms with Crippen molar-refractivity contribution in [2.45, 2.75) is 0 Å². The topological polar surface area (TPSA) is 64.1 Å². The van der Waals surface area contributed by atoms with E-state index in [9.17, 15) is 4.79 Å². The van der Waals surface area contributed by atoms with Crippen molar-refractivity contribution >= 4 is 11.7 Å². The summed E-state index contributed by atoms with van der Waals surface area (Å²) in [5.74, 6) is 2.88. The summed E-state index contributed by atoms with van der Waals surface area (Å²) in [5.41, 5.74) is 0. The average Bonchev–Trinajstić information content (AvgIpc) is 3.15. The Hall–Kier alpha value is -2.96. The molecule has 7 heteroatoms. The zero-order valence-corrected chi connectivity index (χ0v) is 13.8. The Morgan fingerprint density at radius 1 is 1.08 bits per heavy atom. The summed E-state index contributed by atoms with van der Waals surface area (Å²) >= 11 is 0. The van der Waals surface area contributed by atoms with Crippen LogP contribution in [-0.2, 0) is 4.79 Å². The summed E-state index contributed by atoms with van der Waals surface area (Å²) in [7, 11) is 0. The maximum atomic E-state index is 12.4. The number of benzene rings is 1. The number of pyridine rings is 1. The van der Waals surface area contributed by atoms with E-state index in [0.29, 0.717) is 30.3 Å². The van der Waals surface area contributed by atoms with Crippen LogP contribution in [0.25, 0.3) is 0 Å². The summed E-state index contributed by atoms with van der Waals surface area (Å²) < 4.78 is 16.2. The first-order valence-electron chi connectivity index (χ1n) is 8.26. The van der Waals surface area contributed by atoms with Gasteiger partial charge in [0.1, 0.15) is 11.6 Å². The molecule has 0 aliphatic carbocycles. The molecule has 0 bridgehead atoms. The molecule has 4 rings (SSSR count). The SMILES string of the molecule is O=C(COc1ccc2c(c1)OCO2)N1CCN(c2ccccn2)CC1. The highest BCUT2D eigenvalue weighted by Crippen LogP contribution is 2.35. The molecule has 130 valence electrons. The average molecular weight is 341 g/mol. The summed E-state index contributed by atoms with van der Waals surface area (Å²) in [6, 6.07) is 11.2. The van der Waals surface area contributed by atoms with Gasteiger partial charge in [0.05, 0.1) is 0 Å². The second kappa shape index (κ2) is 6.88. The molecule has 1 aromatic carbocycles. The van der Waals surface area contributed by atoms with Crippen LogP contribution in [0, 0.1) is 0 Å². The van der Waals surface area contributed by atoms with Gasteiger partial charge in [-0.05, 0) is 24.3 Å². The Morgan fingerprint density at radius 2 is 1.92 bits per heavy atom. The predicted octanol–water partition coefficient (Wildman–Crippen LogP) is 1.54. The van der Waals surface area contributed by atoms with Crippen LogP contribution in [0.15, 0.2) is 42.6 Å². The van der Waals surface area contributed by atoms with Gasteiger partial charge in [0, 0.05) is 38.4 Å². The van der Waals surface area contributed by atoms with Crippen molar-refractivity contribution in [3.8, 4) is 17.2 Å². The zero-order valence-electron chi connectivity index (χ0n) is 13.8. The van der Waals surface area contributed by atoms with Crippen molar-refractivity contribution in [2.24, 2.45) is 0 Å². The maximum absolute atomic E-state index is 12.4. The Balaban J connectivity index is 1.28. The molecular formula is C18H19N3O4. The highest BCUT2D eigenvalue weighted by atomic mass is 16.7. The summed E-state index contributed by atoms with van der Waals surface area (Å²) in [6.07, 6.45) is 1.78. The number of piperazine rings is 1. The molecule has 7 nitrogen and oxygen atoms in total. The minimum Gasteiger partial charge on any atom is -0.484 e. The third kappa shape index (κ3) is 3.45. The first-order valence-corrected chi connectivity index (χ1v) is 8.26. The number of ether oxygens (including phenoxy) is 3. The standard InChI is InChI=1S/C18H19N3O4/c22-18(12-23-14-4-5-15-16(11-14)25-13-24-15)21-9-7-20(8-10-21)17-3-1-2-6-19-17/h1-6,11H,7-10,12-13H2. The predicted molar refractivity (Wildman–Crippen MR) is 91.1 cm³/mol. The van der Waals surface area contributed by atoms with E-state index >= 15 is 0 Å². The van der Waals surface area contributed by atoms with E-state index < -0.39 is 0 Å². The minimum absolute atomic E-state index is 0.0154. The van der Waals surface area contributed by atoms with Crippen LogP contribution in [0.1, 0.15) is 0 Å². The largest absolute Gasteiger partial charge is 0.484 e. The molecule has 0 spiro atoms. The second-order valence-corrected chi connectivity index (χ2v) is 5.86. The fraction of sp³-hybridized carbons (Fsp3) is 0.333. The molecule has 1 fully saturated rings. The number of aromatic nitrogens is 1. The first kappa shape index (κ1) is 15.6. The second-order valence-electron chi connectivity index (χ2n) is 5.86. The number of nitrogens with zero attached hydrogens (tertiary/aromatic N) is 3. The highest BCUT2D eigenvalue weighted by Gasteiger charge is 2.22. The minimum atomic E-state index is -0.0154. The maximum Gasteiger partial charge on any atom is 0.260 e. The van der Waals surface area contributed by atoms with Crippen LogP contribution in [0.3, 0.4) is 0 Å². The van der Waals surface area contributed by atoms with Crippen LogP contribution >= 0.6 is 0 Å². The molecule has 2 aliphatic rings. The lowest BCUT2D eigenvalue weighted by Gasteiger charge is -2.35. The van der Waals surface area contributed by atoms with Crippen LogP contribution in [-0.4, -0.2) is 55.4 Å². The van der Waals surface area contributed by atoms with Gasteiger partial charge in [0.25, 0.3) is 5.91 Å². The third-order valence-corrected chi connectivity index (χ3v) is 4.31. The molecule has 1 saturated heterocycles. The van der Waals surface area contributed by atoms with E-state index in [1.54, 1.807) is 24.4 Å². The molecule has 1 amide bonds. The molecule has 0 atom stereocenters. The van der Waals surface area contributed by atoms with Crippen molar-refractivity contribution in [2.75, 3.05) is 44.5 Å². The molecular weight excluding hydrogens is 322 g/mol. The van der Waals surface area contributed by atoms with Crippen LogP contribution < -0.4 is 19.1 Å². The molecule has 2 aromatic rings. The van der Waals surface area contributed by atoms with E-state index in [1.807, 2.05) is 23.1 Å². The van der Waals surface area contributed by atoms with E-state index in [1.165, 1.54) is 0 Å².